The molecule has 0 spiro atoms. The van der Waals surface area contributed by atoms with E-state index in [1.807, 2.05) is 30.3 Å². The predicted octanol–water partition coefficient (Wildman–Crippen LogP) is 0.196. The van der Waals surface area contributed by atoms with Crippen LogP contribution in [0.2, 0.25) is 0 Å². The van der Waals surface area contributed by atoms with Gasteiger partial charge >= 0.3 is 7.60 Å². The Morgan fingerprint density at radius 2 is 1.94 bits per heavy atom. The highest BCUT2D eigenvalue weighted by Gasteiger charge is 2.27. The van der Waals surface area contributed by atoms with Crippen LogP contribution >= 0.6 is 7.60 Å². The van der Waals surface area contributed by atoms with Gasteiger partial charge < -0.3 is 20.8 Å². The number of carbonyl (C=O) groups is 1. The van der Waals surface area contributed by atoms with Crippen LogP contribution in [0.15, 0.2) is 30.3 Å². The van der Waals surface area contributed by atoms with Gasteiger partial charge in [-0.2, -0.15) is 0 Å². The first-order valence-corrected chi connectivity index (χ1v) is 7.14. The highest BCUT2D eigenvalue weighted by molar-refractivity contribution is 7.52. The molecular formula is C11H17N2O4P. The molecular weight excluding hydrogens is 255 g/mol. The number of benzene rings is 1. The van der Waals surface area contributed by atoms with Gasteiger partial charge in [-0.15, -0.1) is 0 Å². The molecule has 6 nitrogen and oxygen atoms in total. The van der Waals surface area contributed by atoms with E-state index in [2.05, 4.69) is 5.32 Å². The number of rotatable bonds is 5. The highest BCUT2D eigenvalue weighted by Crippen LogP contribution is 2.39. The molecule has 0 saturated heterocycles. The Morgan fingerprint density at radius 3 is 2.44 bits per heavy atom. The monoisotopic (exact) mass is 272 g/mol. The Hall–Kier alpha value is -1.20. The molecule has 0 fully saturated rings. The zero-order chi connectivity index (χ0) is 13.8. The smallest absolute Gasteiger partial charge is 0.341 e. The van der Waals surface area contributed by atoms with Gasteiger partial charge in [-0.05, 0) is 18.9 Å². The minimum Gasteiger partial charge on any atom is -0.341 e. The van der Waals surface area contributed by atoms with Crippen LogP contribution in [0.25, 0.3) is 0 Å². The second kappa shape index (κ2) is 6.11. The van der Waals surface area contributed by atoms with Crippen molar-refractivity contribution in [1.29, 1.82) is 0 Å². The first-order valence-electron chi connectivity index (χ1n) is 5.46. The van der Waals surface area contributed by atoms with Gasteiger partial charge in [0, 0.05) is 0 Å². The Bertz CT molecular complexity index is 446. The van der Waals surface area contributed by atoms with Crippen molar-refractivity contribution in [2.75, 3.05) is 0 Å². The molecule has 0 radical (unpaired) electrons. The van der Waals surface area contributed by atoms with Gasteiger partial charge in [0.1, 0.15) is 5.78 Å². The lowest BCUT2D eigenvalue weighted by Crippen LogP contribution is -2.45. The summed E-state index contributed by atoms with van der Waals surface area (Å²) in [7, 11) is -4.32. The molecule has 0 aromatic heterocycles. The highest BCUT2D eigenvalue weighted by atomic mass is 31.2. The van der Waals surface area contributed by atoms with Crippen LogP contribution in [0.3, 0.4) is 0 Å². The van der Waals surface area contributed by atoms with Crippen LogP contribution in [0.1, 0.15) is 12.5 Å². The normalized spacial score (nSPS) is 14.9. The standard InChI is InChI=1S/C11H17N2O4P/c1-8(18(15,16)17)13-11(14)10(12)7-9-5-3-2-4-6-9/h2-6,8,10H,7,12H2,1H3,(H,13,14)(H2,15,16,17)/t8?,10-/m0/s1. The molecule has 0 aliphatic heterocycles. The third kappa shape index (κ3) is 4.58. The quantitative estimate of drug-likeness (QED) is 0.572. The number of carbonyl (C=O) groups excluding carboxylic acids is 1. The topological polar surface area (TPSA) is 113 Å². The summed E-state index contributed by atoms with van der Waals surface area (Å²) in [4.78, 5) is 29.3. The molecule has 1 amide bonds. The van der Waals surface area contributed by atoms with Crippen molar-refractivity contribution >= 4 is 13.5 Å². The van der Waals surface area contributed by atoms with E-state index in [-0.39, 0.29) is 0 Å². The molecule has 0 heterocycles. The molecule has 1 unspecified atom stereocenters. The van der Waals surface area contributed by atoms with E-state index >= 15 is 0 Å². The largest absolute Gasteiger partial charge is 0.347 e. The molecule has 1 aromatic rings. The number of hydrogen-bond acceptors (Lipinski definition) is 3. The van der Waals surface area contributed by atoms with Crippen LogP contribution in [-0.4, -0.2) is 27.5 Å². The Kier molecular flexibility index (Phi) is 5.04. The SMILES string of the molecule is CC(NC(=O)[C@@H](N)Cc1ccccc1)P(=O)(O)O. The van der Waals surface area contributed by atoms with E-state index in [1.54, 1.807) is 0 Å². The minimum absolute atomic E-state index is 0.320. The van der Waals surface area contributed by atoms with Gasteiger partial charge in [0.15, 0.2) is 0 Å². The third-order valence-corrected chi connectivity index (χ3v) is 3.63. The van der Waals surface area contributed by atoms with Crippen LogP contribution in [0.5, 0.6) is 0 Å². The van der Waals surface area contributed by atoms with Gasteiger partial charge in [-0.1, -0.05) is 30.3 Å². The summed E-state index contributed by atoms with van der Waals surface area (Å²) < 4.78 is 10.9. The van der Waals surface area contributed by atoms with Gasteiger partial charge in [0.05, 0.1) is 6.04 Å². The van der Waals surface area contributed by atoms with Crippen molar-refractivity contribution < 1.29 is 19.1 Å². The maximum Gasteiger partial charge on any atom is 0.347 e. The van der Waals surface area contributed by atoms with E-state index in [9.17, 15) is 9.36 Å². The number of amides is 1. The van der Waals surface area contributed by atoms with Crippen LogP contribution < -0.4 is 11.1 Å². The summed E-state index contributed by atoms with van der Waals surface area (Å²) in [5.41, 5.74) is 6.57. The van der Waals surface area contributed by atoms with Crippen molar-refractivity contribution in [1.82, 2.24) is 5.32 Å². The van der Waals surface area contributed by atoms with Gasteiger partial charge in [0.25, 0.3) is 0 Å². The Labute approximate surface area is 105 Å². The fraction of sp³-hybridized carbons (Fsp3) is 0.364. The summed E-state index contributed by atoms with van der Waals surface area (Å²) in [6.07, 6.45) is 0.320. The van der Waals surface area contributed by atoms with Crippen molar-refractivity contribution in [3.05, 3.63) is 35.9 Å². The second-order valence-corrected chi connectivity index (χ2v) is 6.02. The fourth-order valence-corrected chi connectivity index (χ4v) is 1.65. The molecule has 5 N–H and O–H groups in total. The lowest BCUT2D eigenvalue weighted by atomic mass is 10.1. The summed E-state index contributed by atoms with van der Waals surface area (Å²) in [5, 5.41) is 2.21. The van der Waals surface area contributed by atoms with Crippen molar-refractivity contribution in [3.63, 3.8) is 0 Å². The van der Waals surface area contributed by atoms with Crippen molar-refractivity contribution in [2.24, 2.45) is 5.73 Å². The van der Waals surface area contributed by atoms with Gasteiger partial charge in [0.2, 0.25) is 5.91 Å². The molecule has 2 atom stereocenters. The maximum absolute atomic E-state index is 11.6. The molecule has 100 valence electrons. The van der Waals surface area contributed by atoms with Crippen LogP contribution in [-0.2, 0) is 15.8 Å². The van der Waals surface area contributed by atoms with E-state index in [0.717, 1.165) is 5.56 Å². The van der Waals surface area contributed by atoms with Crippen molar-refractivity contribution in [3.8, 4) is 0 Å². The van der Waals surface area contributed by atoms with Crippen molar-refractivity contribution in [2.45, 2.75) is 25.2 Å². The molecule has 0 bridgehead atoms. The summed E-state index contributed by atoms with van der Waals surface area (Å²) in [6.45, 7) is 1.24. The lowest BCUT2D eigenvalue weighted by Gasteiger charge is -2.18. The molecule has 0 saturated carbocycles. The fourth-order valence-electron chi connectivity index (χ4n) is 1.36. The molecule has 1 aromatic carbocycles. The number of nitrogens with two attached hydrogens (primary N) is 1. The summed E-state index contributed by atoms with van der Waals surface area (Å²) in [5.74, 6) is -1.80. The first kappa shape index (κ1) is 14.9. The third-order valence-electron chi connectivity index (χ3n) is 2.49. The van der Waals surface area contributed by atoms with Gasteiger partial charge in [-0.3, -0.25) is 9.36 Å². The van der Waals surface area contributed by atoms with Crippen LogP contribution in [0.4, 0.5) is 0 Å². The van der Waals surface area contributed by atoms with Crippen LogP contribution in [0, 0.1) is 0 Å². The Balaban J connectivity index is 2.55. The molecule has 7 heteroatoms. The van der Waals surface area contributed by atoms with E-state index in [1.165, 1.54) is 6.92 Å². The molecule has 0 aliphatic rings. The summed E-state index contributed by atoms with van der Waals surface area (Å²) in [6, 6.07) is 8.35. The number of nitrogens with one attached hydrogen (secondary N) is 1. The molecule has 1 rings (SSSR count). The van der Waals surface area contributed by atoms with E-state index < -0.39 is 25.3 Å². The average Bonchev–Trinajstić information content (AvgIpc) is 2.28. The molecule has 18 heavy (non-hydrogen) atoms. The summed E-state index contributed by atoms with van der Waals surface area (Å²) >= 11 is 0. The number of hydrogen-bond donors (Lipinski definition) is 4. The zero-order valence-corrected chi connectivity index (χ0v) is 10.9. The minimum atomic E-state index is -4.32. The zero-order valence-electron chi connectivity index (χ0n) is 9.98. The maximum atomic E-state index is 11.6. The lowest BCUT2D eigenvalue weighted by molar-refractivity contribution is -0.122. The molecule has 0 aliphatic carbocycles. The average molecular weight is 272 g/mol. The van der Waals surface area contributed by atoms with E-state index in [0.29, 0.717) is 6.42 Å². The first-order chi connectivity index (χ1) is 8.30. The van der Waals surface area contributed by atoms with E-state index in [4.69, 9.17) is 15.5 Å². The second-order valence-electron chi connectivity index (χ2n) is 4.07. The predicted molar refractivity (Wildman–Crippen MR) is 67.8 cm³/mol. The van der Waals surface area contributed by atoms with Gasteiger partial charge in [-0.25, -0.2) is 0 Å². The Morgan fingerprint density at radius 1 is 1.39 bits per heavy atom.